The first-order valence-electron chi connectivity index (χ1n) is 8.49. The predicted octanol–water partition coefficient (Wildman–Crippen LogP) is 3.33. The van der Waals surface area contributed by atoms with Gasteiger partial charge in [-0.2, -0.15) is 0 Å². The van der Waals surface area contributed by atoms with Crippen LogP contribution in [0.25, 0.3) is 0 Å². The Morgan fingerprint density at radius 3 is 2.60 bits per heavy atom. The predicted molar refractivity (Wildman–Crippen MR) is 80.9 cm³/mol. The van der Waals surface area contributed by atoms with E-state index in [-0.39, 0.29) is 5.54 Å². The Balaban J connectivity index is 1.82. The van der Waals surface area contributed by atoms with E-state index in [0.29, 0.717) is 0 Å². The molecular weight excluding hydrogens is 246 g/mol. The minimum Gasteiger partial charge on any atom is -0.326 e. The van der Waals surface area contributed by atoms with Crippen LogP contribution in [0.1, 0.15) is 75.5 Å². The molecule has 2 heterocycles. The molecule has 1 aromatic rings. The van der Waals surface area contributed by atoms with Gasteiger partial charge in [-0.1, -0.05) is 12.8 Å². The number of hydrogen-bond donors (Lipinski definition) is 1. The van der Waals surface area contributed by atoms with Crippen molar-refractivity contribution < 1.29 is 0 Å². The number of imidazole rings is 1. The molecule has 110 valence electrons. The van der Waals surface area contributed by atoms with Gasteiger partial charge in [-0.3, -0.25) is 0 Å². The molecule has 0 atom stereocenters. The minimum atomic E-state index is 0.274. The average Bonchev–Trinajstić information content (AvgIpc) is 3.03. The highest BCUT2D eigenvalue weighted by Gasteiger charge is 2.43. The van der Waals surface area contributed by atoms with Gasteiger partial charge in [0.05, 0.1) is 5.69 Å². The molecule has 1 N–H and O–H groups in total. The van der Waals surface area contributed by atoms with Gasteiger partial charge < -0.3 is 9.88 Å². The maximum absolute atomic E-state index is 5.11. The summed E-state index contributed by atoms with van der Waals surface area (Å²) in [5.74, 6) is 3.02. The van der Waals surface area contributed by atoms with E-state index in [1.165, 1.54) is 50.0 Å². The number of hydrogen-bond acceptors (Lipinski definition) is 2. The molecule has 0 saturated heterocycles. The first-order valence-corrected chi connectivity index (χ1v) is 8.49. The summed E-state index contributed by atoms with van der Waals surface area (Å²) in [6.45, 7) is 6.99. The second kappa shape index (κ2) is 4.59. The minimum absolute atomic E-state index is 0.274. The third-order valence-electron chi connectivity index (χ3n) is 5.79. The van der Waals surface area contributed by atoms with E-state index < -0.39 is 0 Å². The molecule has 1 aliphatic heterocycles. The summed E-state index contributed by atoms with van der Waals surface area (Å²) in [5, 5.41) is 3.49. The zero-order valence-corrected chi connectivity index (χ0v) is 12.9. The monoisotopic (exact) mass is 273 g/mol. The van der Waals surface area contributed by atoms with E-state index in [2.05, 4.69) is 23.7 Å². The molecule has 0 unspecified atom stereocenters. The van der Waals surface area contributed by atoms with Crippen LogP contribution in [0.3, 0.4) is 0 Å². The highest BCUT2D eigenvalue weighted by molar-refractivity contribution is 5.25. The molecule has 0 spiro atoms. The summed E-state index contributed by atoms with van der Waals surface area (Å²) in [6.07, 6.45) is 9.46. The van der Waals surface area contributed by atoms with E-state index >= 15 is 0 Å². The highest BCUT2D eigenvalue weighted by Crippen LogP contribution is 2.47. The van der Waals surface area contributed by atoms with Gasteiger partial charge in [-0.25, -0.2) is 4.98 Å². The Morgan fingerprint density at radius 2 is 1.90 bits per heavy atom. The van der Waals surface area contributed by atoms with Crippen LogP contribution < -0.4 is 5.32 Å². The normalized spacial score (nSPS) is 24.1. The van der Waals surface area contributed by atoms with Gasteiger partial charge in [0, 0.05) is 36.7 Å². The lowest BCUT2D eigenvalue weighted by Gasteiger charge is -2.33. The van der Waals surface area contributed by atoms with Crippen LogP contribution in [-0.2, 0) is 18.5 Å². The van der Waals surface area contributed by atoms with Gasteiger partial charge in [-0.05, 0) is 45.4 Å². The fourth-order valence-corrected chi connectivity index (χ4v) is 4.40. The molecule has 3 nitrogen and oxygen atoms in total. The van der Waals surface area contributed by atoms with Crippen molar-refractivity contribution >= 4 is 0 Å². The quantitative estimate of drug-likeness (QED) is 0.915. The number of nitrogens with zero attached hydrogens (tertiary/aromatic N) is 2. The molecule has 2 saturated carbocycles. The molecule has 0 bridgehead atoms. The summed E-state index contributed by atoms with van der Waals surface area (Å²) < 4.78 is 2.69. The van der Waals surface area contributed by atoms with Crippen LogP contribution in [-0.4, -0.2) is 16.1 Å². The Kier molecular flexibility index (Phi) is 2.95. The number of nitrogens with one attached hydrogen (secondary N) is 1. The van der Waals surface area contributed by atoms with Crippen LogP contribution in [0, 0.1) is 5.92 Å². The summed E-state index contributed by atoms with van der Waals surface area (Å²) in [6, 6.07) is 0. The molecule has 4 rings (SSSR count). The molecule has 2 fully saturated rings. The van der Waals surface area contributed by atoms with Crippen molar-refractivity contribution in [2.75, 3.05) is 6.54 Å². The van der Waals surface area contributed by atoms with E-state index in [4.69, 9.17) is 4.98 Å². The third-order valence-corrected chi connectivity index (χ3v) is 5.79. The molecule has 3 heteroatoms. The fraction of sp³-hybridized carbons (Fsp3) is 0.824. The molecule has 0 aromatic carbocycles. The Hall–Kier alpha value is -0.830. The third kappa shape index (κ3) is 1.93. The molecule has 20 heavy (non-hydrogen) atoms. The van der Waals surface area contributed by atoms with Crippen molar-refractivity contribution in [1.82, 2.24) is 14.9 Å². The Labute approximate surface area is 122 Å². The van der Waals surface area contributed by atoms with Gasteiger partial charge in [-0.15, -0.1) is 0 Å². The Bertz CT molecular complexity index is 505. The molecule has 0 amide bonds. The number of rotatable bonds is 3. The van der Waals surface area contributed by atoms with Crippen LogP contribution in [0.15, 0.2) is 0 Å². The van der Waals surface area contributed by atoms with Crippen molar-refractivity contribution in [1.29, 1.82) is 0 Å². The van der Waals surface area contributed by atoms with Crippen molar-refractivity contribution in [3.8, 4) is 0 Å². The molecule has 2 aliphatic carbocycles. The van der Waals surface area contributed by atoms with Gasteiger partial charge in [0.1, 0.15) is 5.82 Å². The number of fused-ring (bicyclic) bond motifs is 1. The lowest BCUT2D eigenvalue weighted by atomic mass is 9.95. The van der Waals surface area contributed by atoms with E-state index in [1.807, 2.05) is 0 Å². The van der Waals surface area contributed by atoms with E-state index in [0.717, 1.165) is 31.3 Å². The van der Waals surface area contributed by atoms with Crippen LogP contribution in [0.4, 0.5) is 0 Å². The first kappa shape index (κ1) is 12.9. The fourth-order valence-electron chi connectivity index (χ4n) is 4.40. The van der Waals surface area contributed by atoms with Gasteiger partial charge in [0.15, 0.2) is 0 Å². The zero-order chi connectivity index (χ0) is 13.7. The maximum atomic E-state index is 5.11. The average molecular weight is 273 g/mol. The second-order valence-electron chi connectivity index (χ2n) is 7.53. The summed E-state index contributed by atoms with van der Waals surface area (Å²) >= 11 is 0. The SMILES string of the molecule is CC(C)(C1CC1)n1c(C2CCCC2)nc2c1CCNC2. The first-order chi connectivity index (χ1) is 9.68. The summed E-state index contributed by atoms with van der Waals surface area (Å²) in [4.78, 5) is 5.11. The van der Waals surface area contributed by atoms with Crippen molar-refractivity contribution in [3.63, 3.8) is 0 Å². The van der Waals surface area contributed by atoms with Gasteiger partial charge >= 0.3 is 0 Å². The standard InChI is InChI=1S/C17H27N3/c1-17(2,13-7-8-13)20-15-9-10-18-11-14(15)19-16(20)12-5-3-4-6-12/h12-13,18H,3-11H2,1-2H3. The highest BCUT2D eigenvalue weighted by atomic mass is 15.2. The summed E-state index contributed by atoms with van der Waals surface area (Å²) in [7, 11) is 0. The molecule has 0 radical (unpaired) electrons. The topological polar surface area (TPSA) is 29.9 Å². The number of aromatic nitrogens is 2. The Morgan fingerprint density at radius 1 is 1.15 bits per heavy atom. The van der Waals surface area contributed by atoms with Crippen LogP contribution in [0.5, 0.6) is 0 Å². The van der Waals surface area contributed by atoms with Crippen LogP contribution in [0.2, 0.25) is 0 Å². The van der Waals surface area contributed by atoms with Crippen molar-refractivity contribution in [3.05, 3.63) is 17.2 Å². The van der Waals surface area contributed by atoms with Crippen molar-refractivity contribution in [2.45, 2.75) is 76.8 Å². The molecule has 1 aromatic heterocycles. The lowest BCUT2D eigenvalue weighted by molar-refractivity contribution is 0.280. The van der Waals surface area contributed by atoms with E-state index in [1.54, 1.807) is 5.69 Å². The van der Waals surface area contributed by atoms with Gasteiger partial charge in [0.2, 0.25) is 0 Å². The van der Waals surface area contributed by atoms with Gasteiger partial charge in [0.25, 0.3) is 0 Å². The molecule has 3 aliphatic rings. The van der Waals surface area contributed by atoms with Crippen LogP contribution >= 0.6 is 0 Å². The van der Waals surface area contributed by atoms with E-state index in [9.17, 15) is 0 Å². The summed E-state index contributed by atoms with van der Waals surface area (Å²) in [5.41, 5.74) is 3.16. The largest absolute Gasteiger partial charge is 0.326 e. The van der Waals surface area contributed by atoms with Crippen molar-refractivity contribution in [2.24, 2.45) is 5.92 Å². The second-order valence-corrected chi connectivity index (χ2v) is 7.53. The molecular formula is C17H27N3. The lowest BCUT2D eigenvalue weighted by Crippen LogP contribution is -2.35. The maximum Gasteiger partial charge on any atom is 0.112 e. The zero-order valence-electron chi connectivity index (χ0n) is 12.9. The smallest absolute Gasteiger partial charge is 0.112 e.